The standard InChI is InChI=1S/C21H32F2O/c1-3-4-5-6-7-11-14-19(17(2)21(22)23)20(24)16-15-18-12-9-8-10-13-18/h8-10,12-13,19-20,24H,3-7,11,14-16H2,1-2H3/t19-,20+/m1/s1. The van der Waals surface area contributed by atoms with Crippen LogP contribution in [0.3, 0.4) is 0 Å². The van der Waals surface area contributed by atoms with Crippen LogP contribution in [0, 0.1) is 5.92 Å². The Bertz CT molecular complexity index is 466. The molecule has 2 atom stereocenters. The average molecular weight is 338 g/mol. The van der Waals surface area contributed by atoms with Crippen LogP contribution in [0.25, 0.3) is 0 Å². The molecule has 1 nitrogen and oxygen atoms in total. The second-order valence-electron chi connectivity index (χ2n) is 6.70. The molecule has 3 heteroatoms. The van der Waals surface area contributed by atoms with Gasteiger partial charge in [0.15, 0.2) is 0 Å². The summed E-state index contributed by atoms with van der Waals surface area (Å²) in [5.74, 6) is -0.426. The second kappa shape index (κ2) is 12.2. The van der Waals surface area contributed by atoms with Crippen LogP contribution in [0.15, 0.2) is 42.0 Å². The number of hydrogen-bond donors (Lipinski definition) is 1. The number of hydrogen-bond acceptors (Lipinski definition) is 1. The fourth-order valence-electron chi connectivity index (χ4n) is 3.14. The highest BCUT2D eigenvalue weighted by Crippen LogP contribution is 2.28. The first-order valence-corrected chi connectivity index (χ1v) is 9.30. The predicted octanol–water partition coefficient (Wildman–Crippen LogP) is 6.52. The molecule has 0 fully saturated rings. The summed E-state index contributed by atoms with van der Waals surface area (Å²) in [6.07, 6.45) is 6.32. The van der Waals surface area contributed by atoms with Crippen molar-refractivity contribution in [3.8, 4) is 0 Å². The lowest BCUT2D eigenvalue weighted by atomic mass is 9.86. The Balaban J connectivity index is 2.50. The number of halogens is 2. The summed E-state index contributed by atoms with van der Waals surface area (Å²) in [5.41, 5.74) is 1.20. The Kier molecular flexibility index (Phi) is 10.6. The number of rotatable bonds is 12. The van der Waals surface area contributed by atoms with Gasteiger partial charge in [-0.05, 0) is 37.3 Å². The molecule has 0 heterocycles. The first kappa shape index (κ1) is 20.8. The zero-order valence-corrected chi connectivity index (χ0v) is 15.1. The third-order valence-corrected chi connectivity index (χ3v) is 4.76. The van der Waals surface area contributed by atoms with Crippen molar-refractivity contribution in [2.24, 2.45) is 5.92 Å². The van der Waals surface area contributed by atoms with Crippen molar-refractivity contribution >= 4 is 0 Å². The lowest BCUT2D eigenvalue weighted by molar-refractivity contribution is 0.106. The van der Waals surface area contributed by atoms with Gasteiger partial charge in [-0.25, -0.2) is 0 Å². The summed E-state index contributed by atoms with van der Waals surface area (Å²) >= 11 is 0. The minimum absolute atomic E-state index is 0.0594. The van der Waals surface area contributed by atoms with E-state index in [4.69, 9.17) is 0 Å². The minimum Gasteiger partial charge on any atom is -0.392 e. The maximum absolute atomic E-state index is 13.0. The molecule has 0 saturated heterocycles. The topological polar surface area (TPSA) is 20.2 Å². The Morgan fingerprint density at radius 2 is 1.58 bits per heavy atom. The Labute approximate surface area is 145 Å². The molecular formula is C21H32F2O. The molecule has 1 N–H and O–H groups in total. The summed E-state index contributed by atoms with van der Waals surface area (Å²) in [6, 6.07) is 9.89. The van der Waals surface area contributed by atoms with E-state index in [0.717, 1.165) is 31.2 Å². The van der Waals surface area contributed by atoms with Crippen LogP contribution in [0.4, 0.5) is 8.78 Å². The molecule has 1 rings (SSSR count). The molecule has 0 unspecified atom stereocenters. The summed E-state index contributed by atoms with van der Waals surface area (Å²) in [6.45, 7) is 3.64. The van der Waals surface area contributed by atoms with Gasteiger partial charge in [0.1, 0.15) is 0 Å². The SMILES string of the molecule is CCCCCCCC[C@H](C(C)=C(F)F)[C@@H](O)CCc1ccccc1. The van der Waals surface area contributed by atoms with Gasteiger partial charge in [-0.15, -0.1) is 0 Å². The van der Waals surface area contributed by atoms with Crippen LogP contribution in [-0.4, -0.2) is 11.2 Å². The Hall–Kier alpha value is -1.22. The van der Waals surface area contributed by atoms with E-state index in [2.05, 4.69) is 6.92 Å². The number of aliphatic hydroxyl groups excluding tert-OH is 1. The summed E-state index contributed by atoms with van der Waals surface area (Å²) < 4.78 is 26.1. The van der Waals surface area contributed by atoms with Gasteiger partial charge in [-0.1, -0.05) is 75.8 Å². The summed E-state index contributed by atoms with van der Waals surface area (Å²) in [5, 5.41) is 10.5. The van der Waals surface area contributed by atoms with Gasteiger partial charge in [0.05, 0.1) is 6.10 Å². The first-order chi connectivity index (χ1) is 11.6. The van der Waals surface area contributed by atoms with E-state index < -0.39 is 18.1 Å². The van der Waals surface area contributed by atoms with E-state index in [-0.39, 0.29) is 5.57 Å². The van der Waals surface area contributed by atoms with Gasteiger partial charge in [-0.2, -0.15) is 8.78 Å². The maximum atomic E-state index is 13.0. The van der Waals surface area contributed by atoms with Gasteiger partial charge in [0.25, 0.3) is 6.08 Å². The molecular weight excluding hydrogens is 306 g/mol. The van der Waals surface area contributed by atoms with Gasteiger partial charge >= 0.3 is 0 Å². The molecule has 136 valence electrons. The van der Waals surface area contributed by atoms with E-state index >= 15 is 0 Å². The molecule has 1 aromatic rings. The largest absolute Gasteiger partial charge is 0.392 e. The highest BCUT2D eigenvalue weighted by molar-refractivity contribution is 5.15. The first-order valence-electron chi connectivity index (χ1n) is 9.30. The molecule has 0 spiro atoms. The van der Waals surface area contributed by atoms with Crippen LogP contribution >= 0.6 is 0 Å². The third kappa shape index (κ3) is 8.05. The van der Waals surface area contributed by atoms with Gasteiger partial charge in [-0.3, -0.25) is 0 Å². The van der Waals surface area contributed by atoms with Crippen molar-refractivity contribution in [2.45, 2.75) is 77.7 Å². The summed E-state index contributed by atoms with van der Waals surface area (Å²) in [7, 11) is 0. The zero-order chi connectivity index (χ0) is 17.8. The molecule has 0 aliphatic heterocycles. The molecule has 0 aromatic heterocycles. The quantitative estimate of drug-likeness (QED) is 0.430. The number of aryl methyl sites for hydroxylation is 1. The molecule has 0 aliphatic carbocycles. The van der Waals surface area contributed by atoms with Crippen LogP contribution in [0.1, 0.15) is 70.8 Å². The highest BCUT2D eigenvalue weighted by atomic mass is 19.3. The van der Waals surface area contributed by atoms with Crippen LogP contribution in [0.5, 0.6) is 0 Å². The van der Waals surface area contributed by atoms with Crippen LogP contribution in [-0.2, 0) is 6.42 Å². The monoisotopic (exact) mass is 338 g/mol. The van der Waals surface area contributed by atoms with E-state index in [9.17, 15) is 13.9 Å². The smallest absolute Gasteiger partial charge is 0.269 e. The van der Waals surface area contributed by atoms with Crippen molar-refractivity contribution in [2.75, 3.05) is 0 Å². The number of benzene rings is 1. The molecule has 0 aliphatic rings. The van der Waals surface area contributed by atoms with E-state index in [0.29, 0.717) is 12.8 Å². The van der Waals surface area contributed by atoms with Crippen molar-refractivity contribution < 1.29 is 13.9 Å². The Morgan fingerprint density at radius 3 is 2.21 bits per heavy atom. The highest BCUT2D eigenvalue weighted by Gasteiger charge is 2.23. The minimum atomic E-state index is -1.63. The predicted molar refractivity (Wildman–Crippen MR) is 97.2 cm³/mol. The fraction of sp³-hybridized carbons (Fsp3) is 0.619. The van der Waals surface area contributed by atoms with Crippen LogP contribution in [0.2, 0.25) is 0 Å². The van der Waals surface area contributed by atoms with E-state index in [1.807, 2.05) is 30.3 Å². The molecule has 0 saturated carbocycles. The van der Waals surface area contributed by atoms with Gasteiger partial charge in [0.2, 0.25) is 0 Å². The lowest BCUT2D eigenvalue weighted by Gasteiger charge is -2.23. The number of aliphatic hydroxyl groups is 1. The van der Waals surface area contributed by atoms with Crippen molar-refractivity contribution in [1.29, 1.82) is 0 Å². The average Bonchev–Trinajstić information content (AvgIpc) is 2.59. The maximum Gasteiger partial charge on any atom is 0.269 e. The normalized spacial score (nSPS) is 13.5. The van der Waals surface area contributed by atoms with Crippen molar-refractivity contribution in [3.63, 3.8) is 0 Å². The van der Waals surface area contributed by atoms with Crippen molar-refractivity contribution in [1.82, 2.24) is 0 Å². The van der Waals surface area contributed by atoms with E-state index in [1.165, 1.54) is 26.2 Å². The molecule has 0 radical (unpaired) electrons. The van der Waals surface area contributed by atoms with Crippen molar-refractivity contribution in [3.05, 3.63) is 47.5 Å². The fourth-order valence-corrected chi connectivity index (χ4v) is 3.14. The number of unbranched alkanes of at least 4 members (excludes halogenated alkanes) is 5. The molecule has 0 bridgehead atoms. The molecule has 1 aromatic carbocycles. The lowest BCUT2D eigenvalue weighted by Crippen LogP contribution is -2.23. The van der Waals surface area contributed by atoms with Gasteiger partial charge < -0.3 is 5.11 Å². The Morgan fingerprint density at radius 1 is 0.958 bits per heavy atom. The molecule has 24 heavy (non-hydrogen) atoms. The second-order valence-corrected chi connectivity index (χ2v) is 6.70. The van der Waals surface area contributed by atoms with Gasteiger partial charge in [0, 0.05) is 5.92 Å². The van der Waals surface area contributed by atoms with E-state index in [1.54, 1.807) is 0 Å². The van der Waals surface area contributed by atoms with Crippen LogP contribution < -0.4 is 0 Å². The molecule has 0 amide bonds. The summed E-state index contributed by atoms with van der Waals surface area (Å²) in [4.78, 5) is 0. The third-order valence-electron chi connectivity index (χ3n) is 4.76. The zero-order valence-electron chi connectivity index (χ0n) is 15.1.